The quantitative estimate of drug-likeness (QED) is 0.742. The molecule has 0 radical (unpaired) electrons. The minimum atomic E-state index is 0.430. The highest BCUT2D eigenvalue weighted by Gasteiger charge is 2.27. The molecule has 0 aromatic rings. The fourth-order valence-corrected chi connectivity index (χ4v) is 2.83. The Morgan fingerprint density at radius 3 is 2.71 bits per heavy atom. The van der Waals surface area contributed by atoms with Crippen molar-refractivity contribution in [3.63, 3.8) is 0 Å². The van der Waals surface area contributed by atoms with Crippen LogP contribution in [0.4, 0.5) is 0 Å². The van der Waals surface area contributed by atoms with Gasteiger partial charge in [0.2, 0.25) is 0 Å². The first-order chi connectivity index (χ1) is 8.04. The molecule has 2 N–H and O–H groups in total. The number of hydrogen-bond donors (Lipinski definition) is 1. The third-order valence-electron chi connectivity index (χ3n) is 3.68. The highest BCUT2D eigenvalue weighted by atomic mass is 32.1. The maximum Gasteiger partial charge on any atom is 0.0740 e. The summed E-state index contributed by atoms with van der Waals surface area (Å²) < 4.78 is 5.50. The van der Waals surface area contributed by atoms with Gasteiger partial charge >= 0.3 is 0 Å². The van der Waals surface area contributed by atoms with Gasteiger partial charge in [-0.15, -0.1) is 0 Å². The van der Waals surface area contributed by atoms with Crippen LogP contribution in [0, 0.1) is 0 Å². The van der Waals surface area contributed by atoms with Crippen molar-refractivity contribution in [3.8, 4) is 0 Å². The van der Waals surface area contributed by atoms with E-state index in [2.05, 4.69) is 18.7 Å². The van der Waals surface area contributed by atoms with Gasteiger partial charge in [0.25, 0.3) is 0 Å². The van der Waals surface area contributed by atoms with Gasteiger partial charge < -0.3 is 10.5 Å². The minimum absolute atomic E-state index is 0.430. The van der Waals surface area contributed by atoms with Gasteiger partial charge in [0.1, 0.15) is 0 Å². The van der Waals surface area contributed by atoms with Crippen molar-refractivity contribution in [1.29, 1.82) is 0 Å². The van der Waals surface area contributed by atoms with Crippen LogP contribution in [0.1, 0.15) is 46.0 Å². The van der Waals surface area contributed by atoms with E-state index in [0.717, 1.165) is 19.4 Å². The van der Waals surface area contributed by atoms with Gasteiger partial charge in [-0.05, 0) is 39.5 Å². The summed E-state index contributed by atoms with van der Waals surface area (Å²) in [5.74, 6) is 0. The van der Waals surface area contributed by atoms with Crippen LogP contribution < -0.4 is 5.73 Å². The lowest BCUT2D eigenvalue weighted by Crippen LogP contribution is -2.45. The first-order valence-corrected chi connectivity index (χ1v) is 7.02. The number of ether oxygens (including phenoxy) is 1. The molecule has 1 rings (SSSR count). The normalized spacial score (nSPS) is 25.5. The summed E-state index contributed by atoms with van der Waals surface area (Å²) in [6.45, 7) is 5.47. The summed E-state index contributed by atoms with van der Waals surface area (Å²) in [6, 6.07) is 1.17. The zero-order chi connectivity index (χ0) is 12.8. The molecule has 2 atom stereocenters. The second-order valence-corrected chi connectivity index (χ2v) is 5.75. The molecule has 17 heavy (non-hydrogen) atoms. The topological polar surface area (TPSA) is 38.5 Å². The van der Waals surface area contributed by atoms with E-state index in [1.54, 1.807) is 0 Å². The third kappa shape index (κ3) is 4.90. The van der Waals surface area contributed by atoms with Gasteiger partial charge in [-0.3, -0.25) is 4.90 Å². The molecule has 4 heteroatoms. The second-order valence-electron chi connectivity index (χ2n) is 5.23. The fraction of sp³-hybridized carbons (Fsp3) is 0.923. The number of nitrogens with zero attached hydrogens (tertiary/aromatic N) is 1. The maximum atomic E-state index is 5.60. The Morgan fingerprint density at radius 1 is 1.47 bits per heavy atom. The van der Waals surface area contributed by atoms with E-state index in [-0.39, 0.29) is 0 Å². The van der Waals surface area contributed by atoms with E-state index >= 15 is 0 Å². The smallest absolute Gasteiger partial charge is 0.0740 e. The third-order valence-corrected chi connectivity index (χ3v) is 3.88. The molecule has 0 bridgehead atoms. The van der Waals surface area contributed by atoms with Gasteiger partial charge in [0.15, 0.2) is 0 Å². The second kappa shape index (κ2) is 7.29. The number of thiocarbonyl (C=S) groups is 1. The molecule has 2 unspecified atom stereocenters. The van der Waals surface area contributed by atoms with Crippen molar-refractivity contribution >= 4 is 17.2 Å². The van der Waals surface area contributed by atoms with Crippen molar-refractivity contribution in [2.24, 2.45) is 5.73 Å². The van der Waals surface area contributed by atoms with E-state index in [9.17, 15) is 0 Å². The highest BCUT2D eigenvalue weighted by Crippen LogP contribution is 2.26. The van der Waals surface area contributed by atoms with E-state index < -0.39 is 0 Å². The Hall–Kier alpha value is -0.190. The van der Waals surface area contributed by atoms with Crippen molar-refractivity contribution < 1.29 is 4.74 Å². The average Bonchev–Trinajstić information content (AvgIpc) is 2.28. The average molecular weight is 258 g/mol. The molecule has 0 heterocycles. The van der Waals surface area contributed by atoms with Crippen LogP contribution in [0.5, 0.6) is 0 Å². The molecule has 1 saturated carbocycles. The number of rotatable bonds is 6. The van der Waals surface area contributed by atoms with Crippen LogP contribution in [0.25, 0.3) is 0 Å². The maximum absolute atomic E-state index is 5.60. The molecule has 0 aliphatic heterocycles. The highest BCUT2D eigenvalue weighted by molar-refractivity contribution is 7.80. The number of methoxy groups -OCH3 is 1. The Kier molecular flexibility index (Phi) is 6.38. The van der Waals surface area contributed by atoms with Crippen molar-refractivity contribution in [2.45, 2.75) is 64.1 Å². The molecule has 1 aliphatic carbocycles. The summed E-state index contributed by atoms with van der Waals surface area (Å²) in [7, 11) is 1.82. The zero-order valence-electron chi connectivity index (χ0n) is 11.3. The molecule has 0 saturated heterocycles. The standard InChI is InChI=1S/C13H26N2OS/c1-10(2)15(8-7-13(14)17)11-5-4-6-12(9-11)16-3/h10-12H,4-9H2,1-3H3,(H2,14,17). The Balaban J connectivity index is 2.53. The van der Waals surface area contributed by atoms with E-state index in [4.69, 9.17) is 22.7 Å². The molecule has 0 aromatic carbocycles. The molecule has 0 aromatic heterocycles. The molecule has 0 amide bonds. The molecule has 100 valence electrons. The molecule has 1 fully saturated rings. The van der Waals surface area contributed by atoms with Crippen LogP contribution >= 0.6 is 12.2 Å². The van der Waals surface area contributed by atoms with E-state index in [1.165, 1.54) is 19.3 Å². The van der Waals surface area contributed by atoms with Gasteiger partial charge in [0, 0.05) is 32.2 Å². The summed E-state index contributed by atoms with van der Waals surface area (Å²) in [6.07, 6.45) is 6.14. The first-order valence-electron chi connectivity index (χ1n) is 6.61. The molecule has 1 aliphatic rings. The SMILES string of the molecule is COC1CCCC(N(CCC(N)=S)C(C)C)C1. The predicted octanol–water partition coefficient (Wildman–Crippen LogP) is 2.33. The first kappa shape index (κ1) is 14.9. The summed E-state index contributed by atoms with van der Waals surface area (Å²) >= 11 is 4.97. The van der Waals surface area contributed by atoms with Crippen LogP contribution in [-0.2, 0) is 4.74 Å². The van der Waals surface area contributed by atoms with E-state index in [1.807, 2.05) is 7.11 Å². The number of hydrogen-bond acceptors (Lipinski definition) is 3. The van der Waals surface area contributed by atoms with Crippen LogP contribution in [0.3, 0.4) is 0 Å². The van der Waals surface area contributed by atoms with Crippen LogP contribution in [0.2, 0.25) is 0 Å². The summed E-state index contributed by atoms with van der Waals surface area (Å²) in [4.78, 5) is 3.15. The van der Waals surface area contributed by atoms with Gasteiger partial charge in [-0.25, -0.2) is 0 Å². The molecular formula is C13H26N2OS. The summed E-state index contributed by atoms with van der Waals surface area (Å²) in [5.41, 5.74) is 5.60. The van der Waals surface area contributed by atoms with Crippen LogP contribution in [0.15, 0.2) is 0 Å². The minimum Gasteiger partial charge on any atom is -0.393 e. The fourth-order valence-electron chi connectivity index (χ4n) is 2.74. The lowest BCUT2D eigenvalue weighted by molar-refractivity contribution is 0.0197. The molecule has 3 nitrogen and oxygen atoms in total. The van der Waals surface area contributed by atoms with Crippen molar-refractivity contribution in [1.82, 2.24) is 4.90 Å². The Morgan fingerprint density at radius 2 is 2.18 bits per heavy atom. The Bertz CT molecular complexity index is 246. The summed E-state index contributed by atoms with van der Waals surface area (Å²) in [5, 5.41) is 0. The van der Waals surface area contributed by atoms with E-state index in [0.29, 0.717) is 23.2 Å². The van der Waals surface area contributed by atoms with Gasteiger partial charge in [-0.2, -0.15) is 0 Å². The van der Waals surface area contributed by atoms with Crippen LogP contribution in [-0.4, -0.2) is 41.7 Å². The monoisotopic (exact) mass is 258 g/mol. The zero-order valence-corrected chi connectivity index (χ0v) is 12.1. The molecule has 0 spiro atoms. The van der Waals surface area contributed by atoms with Crippen molar-refractivity contribution in [3.05, 3.63) is 0 Å². The lowest BCUT2D eigenvalue weighted by atomic mass is 9.91. The lowest BCUT2D eigenvalue weighted by Gasteiger charge is -2.39. The van der Waals surface area contributed by atoms with Crippen molar-refractivity contribution in [2.75, 3.05) is 13.7 Å². The molecular weight excluding hydrogens is 232 g/mol. The van der Waals surface area contributed by atoms with Gasteiger partial charge in [0.05, 0.1) is 11.1 Å². The Labute approximate surface area is 111 Å². The number of nitrogens with two attached hydrogens (primary N) is 1. The largest absolute Gasteiger partial charge is 0.393 e. The van der Waals surface area contributed by atoms with Gasteiger partial charge in [-0.1, -0.05) is 12.2 Å². The predicted molar refractivity (Wildman–Crippen MR) is 76.3 cm³/mol.